The molecule has 4 nitrogen and oxygen atoms in total. The zero-order chi connectivity index (χ0) is 15.3. The molecule has 1 fully saturated rings. The molecule has 1 atom stereocenters. The maximum atomic E-state index is 12.9. The van der Waals surface area contributed by atoms with Crippen molar-refractivity contribution < 1.29 is 8.42 Å². The molecule has 1 aliphatic heterocycles. The van der Waals surface area contributed by atoms with Gasteiger partial charge in [0.25, 0.3) is 0 Å². The molecule has 0 bridgehead atoms. The first-order chi connectivity index (χ1) is 10.1. The summed E-state index contributed by atoms with van der Waals surface area (Å²) in [7, 11) is -3.33. The summed E-state index contributed by atoms with van der Waals surface area (Å²) in [6, 6.07) is 2.00. The van der Waals surface area contributed by atoms with Crippen LogP contribution in [0.25, 0.3) is 0 Å². The number of hydrogen-bond acceptors (Lipinski definition) is 4. The predicted molar refractivity (Wildman–Crippen MR) is 88.1 cm³/mol. The number of thiophene rings is 1. The van der Waals surface area contributed by atoms with Gasteiger partial charge < -0.3 is 5.32 Å². The Morgan fingerprint density at radius 1 is 1.33 bits per heavy atom. The average molecular weight is 331 g/mol. The summed E-state index contributed by atoms with van der Waals surface area (Å²) in [6.07, 6.45) is 5.14. The Hall–Kier alpha value is -0.430. The van der Waals surface area contributed by atoms with E-state index in [0.717, 1.165) is 50.1 Å². The van der Waals surface area contributed by atoms with Crippen LogP contribution in [0.2, 0.25) is 0 Å². The summed E-state index contributed by atoms with van der Waals surface area (Å²) >= 11 is 1.53. The molecule has 0 aliphatic carbocycles. The van der Waals surface area contributed by atoms with Gasteiger partial charge in [-0.2, -0.15) is 4.31 Å². The topological polar surface area (TPSA) is 49.4 Å². The van der Waals surface area contributed by atoms with Gasteiger partial charge in [-0.1, -0.05) is 26.7 Å². The number of rotatable bonds is 6. The minimum atomic E-state index is -3.33. The van der Waals surface area contributed by atoms with Gasteiger partial charge in [0.15, 0.2) is 0 Å². The molecule has 2 rings (SSSR count). The van der Waals surface area contributed by atoms with E-state index in [0.29, 0.717) is 11.4 Å². The van der Waals surface area contributed by atoms with Crippen LogP contribution in [0.4, 0.5) is 0 Å². The van der Waals surface area contributed by atoms with Crippen molar-refractivity contribution in [3.63, 3.8) is 0 Å². The lowest BCUT2D eigenvalue weighted by atomic mass is 10.1. The maximum absolute atomic E-state index is 12.9. The van der Waals surface area contributed by atoms with Crippen molar-refractivity contribution in [1.82, 2.24) is 9.62 Å². The molecular weight excluding hydrogens is 304 g/mol. The van der Waals surface area contributed by atoms with Crippen LogP contribution < -0.4 is 5.32 Å². The van der Waals surface area contributed by atoms with Gasteiger partial charge in [0.1, 0.15) is 0 Å². The molecule has 1 aromatic heterocycles. The fraction of sp³-hybridized carbons (Fsp3) is 0.733. The fourth-order valence-corrected chi connectivity index (χ4v) is 5.85. The van der Waals surface area contributed by atoms with E-state index in [2.05, 4.69) is 12.2 Å². The average Bonchev–Trinajstić information content (AvgIpc) is 2.82. The molecule has 1 saturated heterocycles. The van der Waals surface area contributed by atoms with Crippen LogP contribution in [-0.4, -0.2) is 31.9 Å². The highest BCUT2D eigenvalue weighted by Gasteiger charge is 2.32. The second-order valence-corrected chi connectivity index (χ2v) is 8.44. The van der Waals surface area contributed by atoms with Gasteiger partial charge in [-0.3, -0.25) is 0 Å². The first-order valence-electron chi connectivity index (χ1n) is 7.89. The van der Waals surface area contributed by atoms with Crippen molar-refractivity contribution in [3.05, 3.63) is 16.3 Å². The monoisotopic (exact) mass is 330 g/mol. The molecule has 0 spiro atoms. The van der Waals surface area contributed by atoms with E-state index >= 15 is 0 Å². The van der Waals surface area contributed by atoms with Crippen molar-refractivity contribution >= 4 is 21.4 Å². The van der Waals surface area contributed by atoms with Gasteiger partial charge in [-0.05, 0) is 31.9 Å². The predicted octanol–water partition coefficient (Wildman–Crippen LogP) is 3.20. The minimum Gasteiger partial charge on any atom is -0.312 e. The molecule has 120 valence electrons. The van der Waals surface area contributed by atoms with Crippen molar-refractivity contribution in [2.45, 2.75) is 63.4 Å². The molecule has 1 N–H and O–H groups in total. The summed E-state index contributed by atoms with van der Waals surface area (Å²) in [4.78, 5) is 1.55. The van der Waals surface area contributed by atoms with Crippen LogP contribution >= 0.6 is 11.3 Å². The van der Waals surface area contributed by atoms with Gasteiger partial charge in [-0.25, -0.2) is 8.42 Å². The zero-order valence-electron chi connectivity index (χ0n) is 13.0. The van der Waals surface area contributed by atoms with Crippen LogP contribution in [0.15, 0.2) is 16.3 Å². The lowest BCUT2D eigenvalue weighted by Gasteiger charge is -2.27. The van der Waals surface area contributed by atoms with Crippen molar-refractivity contribution in [2.24, 2.45) is 0 Å². The number of nitrogens with one attached hydrogen (secondary N) is 1. The number of nitrogens with zero attached hydrogens (tertiary/aromatic N) is 1. The molecule has 0 aromatic carbocycles. The molecule has 0 saturated carbocycles. The van der Waals surface area contributed by atoms with Crippen molar-refractivity contribution in [1.29, 1.82) is 0 Å². The molecule has 21 heavy (non-hydrogen) atoms. The molecule has 1 unspecified atom stereocenters. The van der Waals surface area contributed by atoms with E-state index in [1.54, 1.807) is 9.69 Å². The normalized spacial score (nSPS) is 21.3. The van der Waals surface area contributed by atoms with E-state index in [1.807, 2.05) is 13.0 Å². The highest BCUT2D eigenvalue weighted by atomic mass is 32.2. The molecule has 0 radical (unpaired) electrons. The summed E-state index contributed by atoms with van der Waals surface area (Å²) in [6.45, 7) is 6.44. The Labute approximate surface area is 132 Å². The van der Waals surface area contributed by atoms with E-state index in [4.69, 9.17) is 0 Å². The third kappa shape index (κ3) is 4.06. The van der Waals surface area contributed by atoms with Crippen LogP contribution in [0.3, 0.4) is 0 Å². The van der Waals surface area contributed by atoms with Crippen LogP contribution in [0.1, 0.15) is 50.8 Å². The van der Waals surface area contributed by atoms with E-state index in [-0.39, 0.29) is 6.04 Å². The zero-order valence-corrected chi connectivity index (χ0v) is 14.6. The largest absolute Gasteiger partial charge is 0.312 e. The highest BCUT2D eigenvalue weighted by Crippen LogP contribution is 2.28. The second-order valence-electron chi connectivity index (χ2n) is 5.56. The maximum Gasteiger partial charge on any atom is 0.244 e. The van der Waals surface area contributed by atoms with Gasteiger partial charge in [-0.15, -0.1) is 11.3 Å². The SMILES string of the molecule is CCNCc1cc(S(=O)(=O)N2CCCCCC2CC)cs1. The molecule has 0 amide bonds. The highest BCUT2D eigenvalue weighted by molar-refractivity contribution is 7.89. The summed E-state index contributed by atoms with van der Waals surface area (Å²) in [5.41, 5.74) is 0. The van der Waals surface area contributed by atoms with Gasteiger partial charge in [0.05, 0.1) is 4.90 Å². The smallest absolute Gasteiger partial charge is 0.244 e. The summed E-state index contributed by atoms with van der Waals surface area (Å²) in [5.74, 6) is 0. The molecular formula is C15H26N2O2S2. The van der Waals surface area contributed by atoms with Crippen LogP contribution in [0, 0.1) is 0 Å². The van der Waals surface area contributed by atoms with Gasteiger partial charge in [0, 0.05) is 29.4 Å². The van der Waals surface area contributed by atoms with E-state index in [1.165, 1.54) is 11.3 Å². The Balaban J connectivity index is 2.20. The van der Waals surface area contributed by atoms with Crippen molar-refractivity contribution in [2.75, 3.05) is 13.1 Å². The third-order valence-corrected chi connectivity index (χ3v) is 7.10. The lowest BCUT2D eigenvalue weighted by molar-refractivity contribution is 0.315. The van der Waals surface area contributed by atoms with Gasteiger partial charge in [0.2, 0.25) is 10.0 Å². The fourth-order valence-electron chi connectivity index (χ4n) is 2.85. The Kier molecular flexibility index (Phi) is 6.22. The van der Waals surface area contributed by atoms with Crippen molar-refractivity contribution in [3.8, 4) is 0 Å². The third-order valence-electron chi connectivity index (χ3n) is 4.08. The quantitative estimate of drug-likeness (QED) is 0.871. The Bertz CT molecular complexity index is 540. The molecule has 6 heteroatoms. The minimum absolute atomic E-state index is 0.162. The molecule has 2 heterocycles. The standard InChI is InChI=1S/C15H26N2O2S2/c1-3-13-8-6-5-7-9-17(13)21(18,19)15-10-14(20-12-15)11-16-4-2/h10,12-13,16H,3-9,11H2,1-2H3. The molecule has 1 aromatic rings. The summed E-state index contributed by atoms with van der Waals surface area (Å²) in [5, 5.41) is 5.03. The first-order valence-corrected chi connectivity index (χ1v) is 10.2. The Morgan fingerprint density at radius 2 is 2.14 bits per heavy atom. The van der Waals surface area contributed by atoms with Crippen LogP contribution in [0.5, 0.6) is 0 Å². The lowest BCUT2D eigenvalue weighted by Crippen LogP contribution is -2.39. The van der Waals surface area contributed by atoms with E-state index < -0.39 is 10.0 Å². The second kappa shape index (κ2) is 7.72. The van der Waals surface area contributed by atoms with Gasteiger partial charge >= 0.3 is 0 Å². The summed E-state index contributed by atoms with van der Waals surface area (Å²) < 4.78 is 27.6. The first kappa shape index (κ1) is 16.9. The van der Waals surface area contributed by atoms with Crippen LogP contribution in [-0.2, 0) is 16.6 Å². The molecule has 1 aliphatic rings. The number of hydrogen-bond donors (Lipinski definition) is 1. The number of sulfonamides is 1. The Morgan fingerprint density at radius 3 is 2.86 bits per heavy atom. The van der Waals surface area contributed by atoms with E-state index in [9.17, 15) is 8.42 Å².